The predicted octanol–water partition coefficient (Wildman–Crippen LogP) is 4.38. The minimum Gasteiger partial charge on any atom is -0.381 e. The van der Waals surface area contributed by atoms with Gasteiger partial charge in [0.1, 0.15) is 0 Å². The third-order valence-electron chi connectivity index (χ3n) is 3.62. The highest BCUT2D eigenvalue weighted by atomic mass is 15.1. The maximum absolute atomic E-state index is 3.70. The van der Waals surface area contributed by atoms with Gasteiger partial charge in [-0.05, 0) is 30.9 Å². The van der Waals surface area contributed by atoms with Crippen molar-refractivity contribution in [2.24, 2.45) is 5.92 Å². The van der Waals surface area contributed by atoms with Crippen molar-refractivity contribution in [1.82, 2.24) is 0 Å². The van der Waals surface area contributed by atoms with E-state index in [1.807, 2.05) is 0 Å². The van der Waals surface area contributed by atoms with Crippen LogP contribution in [0, 0.1) is 5.92 Å². The largest absolute Gasteiger partial charge is 0.381 e. The summed E-state index contributed by atoms with van der Waals surface area (Å²) >= 11 is 0. The maximum atomic E-state index is 3.70. The molecule has 1 N–H and O–H groups in total. The van der Waals surface area contributed by atoms with Crippen LogP contribution in [0.4, 0.5) is 11.4 Å². The minimum absolute atomic E-state index is 0.570. The van der Waals surface area contributed by atoms with Gasteiger partial charge in [-0.15, -0.1) is 0 Å². The zero-order chi connectivity index (χ0) is 13.5. The number of para-hydroxylation sites is 2. The smallest absolute Gasteiger partial charge is 0.0596 e. The lowest BCUT2D eigenvalue weighted by molar-refractivity contribution is 0.462. The van der Waals surface area contributed by atoms with E-state index < -0.39 is 0 Å². The van der Waals surface area contributed by atoms with Gasteiger partial charge in [0, 0.05) is 20.1 Å². The first-order chi connectivity index (χ1) is 8.58. The SMILES string of the molecule is CCC(C)CC(CC)Nc1ccccc1N(C)C. The van der Waals surface area contributed by atoms with Crippen molar-refractivity contribution in [2.75, 3.05) is 24.3 Å². The fourth-order valence-electron chi connectivity index (χ4n) is 2.19. The molecule has 0 bridgehead atoms. The second kappa shape index (κ2) is 7.30. The van der Waals surface area contributed by atoms with Crippen LogP contribution < -0.4 is 10.2 Å². The molecule has 0 radical (unpaired) electrons. The van der Waals surface area contributed by atoms with Crippen molar-refractivity contribution < 1.29 is 0 Å². The van der Waals surface area contributed by atoms with Gasteiger partial charge in [-0.25, -0.2) is 0 Å². The Morgan fingerprint density at radius 1 is 1.11 bits per heavy atom. The molecule has 0 aromatic heterocycles. The maximum Gasteiger partial charge on any atom is 0.0596 e. The summed E-state index contributed by atoms with van der Waals surface area (Å²) in [7, 11) is 4.19. The molecule has 0 aliphatic carbocycles. The van der Waals surface area contributed by atoms with Gasteiger partial charge in [0.05, 0.1) is 11.4 Å². The summed E-state index contributed by atoms with van der Waals surface area (Å²) in [5.74, 6) is 0.786. The topological polar surface area (TPSA) is 15.3 Å². The average molecular weight is 248 g/mol. The van der Waals surface area contributed by atoms with E-state index in [4.69, 9.17) is 0 Å². The molecule has 2 nitrogen and oxygen atoms in total. The zero-order valence-corrected chi connectivity index (χ0v) is 12.5. The molecule has 2 heteroatoms. The first-order valence-corrected chi connectivity index (χ1v) is 7.11. The van der Waals surface area contributed by atoms with Gasteiger partial charge in [0.15, 0.2) is 0 Å². The van der Waals surface area contributed by atoms with E-state index in [1.165, 1.54) is 30.6 Å². The van der Waals surface area contributed by atoms with Gasteiger partial charge in [-0.3, -0.25) is 0 Å². The Kier molecular flexibility index (Phi) is 6.03. The second-order valence-electron chi connectivity index (χ2n) is 5.41. The molecule has 1 aromatic carbocycles. The zero-order valence-electron chi connectivity index (χ0n) is 12.5. The van der Waals surface area contributed by atoms with Crippen LogP contribution in [0.1, 0.15) is 40.0 Å². The van der Waals surface area contributed by atoms with E-state index in [9.17, 15) is 0 Å². The summed E-state index contributed by atoms with van der Waals surface area (Å²) in [5, 5.41) is 3.70. The van der Waals surface area contributed by atoms with Crippen LogP contribution in [0.3, 0.4) is 0 Å². The standard InChI is InChI=1S/C16H28N2/c1-6-13(3)12-14(7-2)17-15-10-8-9-11-16(15)18(4)5/h8-11,13-14,17H,6-7,12H2,1-5H3. The molecular formula is C16H28N2. The summed E-state index contributed by atoms with van der Waals surface area (Å²) < 4.78 is 0. The van der Waals surface area contributed by atoms with Gasteiger partial charge in [-0.1, -0.05) is 39.3 Å². The molecule has 2 atom stereocenters. The molecule has 1 rings (SSSR count). The molecular weight excluding hydrogens is 220 g/mol. The molecule has 0 saturated carbocycles. The number of hydrogen-bond donors (Lipinski definition) is 1. The Labute approximate surface area is 112 Å². The molecule has 102 valence electrons. The molecule has 2 unspecified atom stereocenters. The van der Waals surface area contributed by atoms with Crippen molar-refractivity contribution in [1.29, 1.82) is 0 Å². The molecule has 0 amide bonds. The van der Waals surface area contributed by atoms with Crippen molar-refractivity contribution in [3.8, 4) is 0 Å². The summed E-state index contributed by atoms with van der Waals surface area (Å²) in [6.07, 6.45) is 3.67. The first kappa shape index (κ1) is 14.9. The molecule has 0 saturated heterocycles. The quantitative estimate of drug-likeness (QED) is 0.770. The van der Waals surface area contributed by atoms with Crippen LogP contribution in [0.25, 0.3) is 0 Å². The summed E-state index contributed by atoms with van der Waals surface area (Å²) in [5.41, 5.74) is 2.51. The van der Waals surface area contributed by atoms with Gasteiger partial charge in [-0.2, -0.15) is 0 Å². The first-order valence-electron chi connectivity index (χ1n) is 7.11. The van der Waals surface area contributed by atoms with Crippen LogP contribution in [-0.2, 0) is 0 Å². The Morgan fingerprint density at radius 3 is 2.33 bits per heavy atom. The Balaban J connectivity index is 2.75. The van der Waals surface area contributed by atoms with Gasteiger partial charge < -0.3 is 10.2 Å². The van der Waals surface area contributed by atoms with E-state index in [0.717, 1.165) is 5.92 Å². The summed E-state index contributed by atoms with van der Waals surface area (Å²) in [6.45, 7) is 6.87. The van der Waals surface area contributed by atoms with Crippen LogP contribution >= 0.6 is 0 Å². The van der Waals surface area contributed by atoms with Gasteiger partial charge >= 0.3 is 0 Å². The van der Waals surface area contributed by atoms with Gasteiger partial charge in [0.25, 0.3) is 0 Å². The average Bonchev–Trinajstić information content (AvgIpc) is 2.38. The fourth-order valence-corrected chi connectivity index (χ4v) is 2.19. The highest BCUT2D eigenvalue weighted by Crippen LogP contribution is 2.26. The fraction of sp³-hybridized carbons (Fsp3) is 0.625. The van der Waals surface area contributed by atoms with Gasteiger partial charge in [0.2, 0.25) is 0 Å². The van der Waals surface area contributed by atoms with Crippen LogP contribution in [0.15, 0.2) is 24.3 Å². The monoisotopic (exact) mass is 248 g/mol. The number of nitrogens with one attached hydrogen (secondary N) is 1. The third kappa shape index (κ3) is 4.25. The van der Waals surface area contributed by atoms with Crippen LogP contribution in [0.5, 0.6) is 0 Å². The third-order valence-corrected chi connectivity index (χ3v) is 3.62. The summed E-state index contributed by atoms with van der Waals surface area (Å²) in [4.78, 5) is 2.16. The molecule has 0 heterocycles. The van der Waals surface area contributed by atoms with E-state index in [0.29, 0.717) is 6.04 Å². The molecule has 18 heavy (non-hydrogen) atoms. The number of hydrogen-bond acceptors (Lipinski definition) is 2. The van der Waals surface area contributed by atoms with Crippen LogP contribution in [-0.4, -0.2) is 20.1 Å². The lowest BCUT2D eigenvalue weighted by Crippen LogP contribution is -2.23. The predicted molar refractivity (Wildman–Crippen MR) is 82.5 cm³/mol. The highest BCUT2D eigenvalue weighted by molar-refractivity contribution is 5.69. The summed E-state index contributed by atoms with van der Waals surface area (Å²) in [6, 6.07) is 9.11. The number of benzene rings is 1. The van der Waals surface area contributed by atoms with Crippen molar-refractivity contribution in [2.45, 2.75) is 46.1 Å². The normalized spacial score (nSPS) is 14.1. The Bertz CT molecular complexity index is 347. The molecule has 0 aliphatic heterocycles. The lowest BCUT2D eigenvalue weighted by Gasteiger charge is -2.25. The molecule has 0 spiro atoms. The highest BCUT2D eigenvalue weighted by Gasteiger charge is 2.12. The molecule has 1 aromatic rings. The van der Waals surface area contributed by atoms with Crippen LogP contribution in [0.2, 0.25) is 0 Å². The van der Waals surface area contributed by atoms with E-state index >= 15 is 0 Å². The minimum atomic E-state index is 0.570. The molecule has 0 fully saturated rings. The molecule has 0 aliphatic rings. The Morgan fingerprint density at radius 2 is 1.78 bits per heavy atom. The van der Waals surface area contributed by atoms with Crippen molar-refractivity contribution in [3.63, 3.8) is 0 Å². The van der Waals surface area contributed by atoms with Crippen molar-refractivity contribution >= 4 is 11.4 Å². The van der Waals surface area contributed by atoms with E-state index in [2.05, 4.69) is 69.3 Å². The van der Waals surface area contributed by atoms with E-state index in [-0.39, 0.29) is 0 Å². The number of anilines is 2. The van der Waals surface area contributed by atoms with E-state index in [1.54, 1.807) is 0 Å². The number of rotatable bonds is 7. The Hall–Kier alpha value is -1.18. The number of nitrogens with zero attached hydrogens (tertiary/aromatic N) is 1. The van der Waals surface area contributed by atoms with Crippen molar-refractivity contribution in [3.05, 3.63) is 24.3 Å². The second-order valence-corrected chi connectivity index (χ2v) is 5.41. The lowest BCUT2D eigenvalue weighted by atomic mass is 9.97.